The summed E-state index contributed by atoms with van der Waals surface area (Å²) in [6.45, 7) is 6.36. The number of benzene rings is 2. The van der Waals surface area contributed by atoms with Crippen molar-refractivity contribution in [1.82, 2.24) is 4.90 Å². The third-order valence-corrected chi connectivity index (χ3v) is 7.27. The van der Waals surface area contributed by atoms with Gasteiger partial charge in [0, 0.05) is 23.5 Å². The molecule has 0 aliphatic carbocycles. The lowest BCUT2D eigenvalue weighted by atomic mass is 9.90. The molecule has 4 nitrogen and oxygen atoms in total. The van der Waals surface area contributed by atoms with Crippen LogP contribution in [0.25, 0.3) is 0 Å². The van der Waals surface area contributed by atoms with Crippen molar-refractivity contribution in [2.45, 2.75) is 37.5 Å². The Kier molecular flexibility index (Phi) is 7.60. The predicted octanol–water partition coefficient (Wildman–Crippen LogP) is 4.81. The molecule has 6 heteroatoms. The van der Waals surface area contributed by atoms with Gasteiger partial charge in [0.15, 0.2) is 9.84 Å². The molecule has 0 atom stereocenters. The molecule has 0 spiro atoms. The Morgan fingerprint density at radius 2 is 1.79 bits per heavy atom. The molecule has 0 amide bonds. The minimum absolute atomic E-state index is 0.401. The smallest absolute Gasteiger partial charge is 0.175 e. The van der Waals surface area contributed by atoms with E-state index in [4.69, 9.17) is 11.6 Å². The monoisotopic (exact) mass is 434 g/mol. The summed E-state index contributed by atoms with van der Waals surface area (Å²) in [5, 5.41) is 4.26. The van der Waals surface area contributed by atoms with Crippen LogP contribution in [0.3, 0.4) is 0 Å². The van der Waals surface area contributed by atoms with Gasteiger partial charge in [-0.2, -0.15) is 0 Å². The summed E-state index contributed by atoms with van der Waals surface area (Å²) in [6.07, 6.45) is 5.81. The maximum absolute atomic E-state index is 11.6. The molecule has 0 radical (unpaired) electrons. The van der Waals surface area contributed by atoms with Crippen molar-refractivity contribution in [2.75, 3.05) is 37.8 Å². The van der Waals surface area contributed by atoms with Crippen LogP contribution in [-0.2, 0) is 16.3 Å². The maximum atomic E-state index is 11.6. The summed E-state index contributed by atoms with van der Waals surface area (Å²) in [5.41, 5.74) is 3.42. The number of rotatable bonds is 8. The lowest BCUT2D eigenvalue weighted by Gasteiger charge is -2.32. The second-order valence-corrected chi connectivity index (χ2v) is 10.6. The van der Waals surface area contributed by atoms with Gasteiger partial charge in [0.2, 0.25) is 0 Å². The van der Waals surface area contributed by atoms with Crippen LogP contribution >= 0.6 is 11.6 Å². The minimum atomic E-state index is -3.11. The number of hydrogen-bond acceptors (Lipinski definition) is 4. The van der Waals surface area contributed by atoms with Crippen LogP contribution in [0, 0.1) is 12.8 Å². The molecule has 0 bridgehead atoms. The van der Waals surface area contributed by atoms with E-state index in [1.54, 1.807) is 12.1 Å². The number of nitrogens with one attached hydrogen (secondary N) is 1. The standard InChI is InChI=1S/C23H31ClN2O2S/c1-18-4-7-21(17-23(18)24)25-12-3-13-26-14-10-20(11-15-26)16-19-5-8-22(9-6-19)29(2,27)28/h4-9,17,20,25H,3,10-16H2,1-2H3. The second kappa shape index (κ2) is 9.96. The van der Waals surface area contributed by atoms with Crippen LogP contribution in [0.4, 0.5) is 5.69 Å². The molecule has 1 saturated heterocycles. The third kappa shape index (κ3) is 6.73. The number of piperidine rings is 1. The van der Waals surface area contributed by atoms with Crippen molar-refractivity contribution in [1.29, 1.82) is 0 Å². The number of sulfone groups is 1. The zero-order valence-electron chi connectivity index (χ0n) is 17.3. The number of aryl methyl sites for hydroxylation is 1. The zero-order valence-corrected chi connectivity index (χ0v) is 18.9. The lowest BCUT2D eigenvalue weighted by Crippen LogP contribution is -2.35. The molecule has 158 valence electrons. The molecular weight excluding hydrogens is 404 g/mol. The van der Waals surface area contributed by atoms with Crippen LogP contribution in [-0.4, -0.2) is 45.8 Å². The van der Waals surface area contributed by atoms with Crippen molar-refractivity contribution in [2.24, 2.45) is 5.92 Å². The van der Waals surface area contributed by atoms with E-state index in [0.29, 0.717) is 10.8 Å². The SMILES string of the molecule is Cc1ccc(NCCCN2CCC(Cc3ccc(S(C)(=O)=O)cc3)CC2)cc1Cl. The Balaban J connectivity index is 1.35. The Morgan fingerprint density at radius 3 is 2.41 bits per heavy atom. The van der Waals surface area contributed by atoms with E-state index in [2.05, 4.69) is 16.3 Å². The van der Waals surface area contributed by atoms with Crippen molar-refractivity contribution >= 4 is 27.1 Å². The van der Waals surface area contributed by atoms with Gasteiger partial charge in [0.05, 0.1) is 4.90 Å². The minimum Gasteiger partial charge on any atom is -0.385 e. The van der Waals surface area contributed by atoms with Gasteiger partial charge in [0.1, 0.15) is 0 Å². The lowest BCUT2D eigenvalue weighted by molar-refractivity contribution is 0.183. The normalized spacial score (nSPS) is 16.1. The van der Waals surface area contributed by atoms with E-state index in [0.717, 1.165) is 55.3 Å². The van der Waals surface area contributed by atoms with Crippen molar-refractivity contribution < 1.29 is 8.42 Å². The first kappa shape index (κ1) is 22.1. The molecule has 2 aromatic rings. The van der Waals surface area contributed by atoms with Crippen LogP contribution < -0.4 is 5.32 Å². The molecule has 3 rings (SSSR count). The van der Waals surface area contributed by atoms with E-state index in [-0.39, 0.29) is 0 Å². The largest absolute Gasteiger partial charge is 0.385 e. The van der Waals surface area contributed by atoms with Gasteiger partial charge in [-0.25, -0.2) is 8.42 Å². The van der Waals surface area contributed by atoms with Gasteiger partial charge in [-0.1, -0.05) is 29.8 Å². The van der Waals surface area contributed by atoms with Gasteiger partial charge >= 0.3 is 0 Å². The summed E-state index contributed by atoms with van der Waals surface area (Å²) in [4.78, 5) is 2.95. The van der Waals surface area contributed by atoms with E-state index in [1.807, 2.05) is 31.2 Å². The topological polar surface area (TPSA) is 49.4 Å². The van der Waals surface area contributed by atoms with E-state index < -0.39 is 9.84 Å². The average molecular weight is 435 g/mol. The van der Waals surface area contributed by atoms with Gasteiger partial charge in [-0.15, -0.1) is 0 Å². The predicted molar refractivity (Wildman–Crippen MR) is 122 cm³/mol. The second-order valence-electron chi connectivity index (χ2n) is 8.15. The number of hydrogen-bond donors (Lipinski definition) is 1. The molecule has 1 N–H and O–H groups in total. The molecule has 1 heterocycles. The molecule has 29 heavy (non-hydrogen) atoms. The van der Waals surface area contributed by atoms with Crippen LogP contribution in [0.5, 0.6) is 0 Å². The maximum Gasteiger partial charge on any atom is 0.175 e. The molecule has 2 aromatic carbocycles. The Labute approximate surface area is 180 Å². The third-order valence-electron chi connectivity index (χ3n) is 5.74. The van der Waals surface area contributed by atoms with E-state index in [9.17, 15) is 8.42 Å². The van der Waals surface area contributed by atoms with E-state index >= 15 is 0 Å². The summed E-state index contributed by atoms with van der Waals surface area (Å²) < 4.78 is 23.1. The molecular formula is C23H31ClN2O2S. The summed E-state index contributed by atoms with van der Waals surface area (Å²) in [5.74, 6) is 0.683. The average Bonchev–Trinajstić information content (AvgIpc) is 2.69. The zero-order chi connectivity index (χ0) is 20.9. The highest BCUT2D eigenvalue weighted by Gasteiger charge is 2.19. The number of halogens is 1. The van der Waals surface area contributed by atoms with Crippen molar-refractivity contribution in [3.63, 3.8) is 0 Å². The first-order valence-corrected chi connectivity index (χ1v) is 12.6. The number of anilines is 1. The molecule has 0 aromatic heterocycles. The fourth-order valence-electron chi connectivity index (χ4n) is 3.86. The van der Waals surface area contributed by atoms with Gasteiger partial charge < -0.3 is 10.2 Å². The first-order chi connectivity index (χ1) is 13.8. The summed E-state index contributed by atoms with van der Waals surface area (Å²) in [7, 11) is -3.11. The summed E-state index contributed by atoms with van der Waals surface area (Å²) >= 11 is 6.17. The van der Waals surface area contributed by atoms with Crippen molar-refractivity contribution in [3.05, 3.63) is 58.6 Å². The molecule has 0 saturated carbocycles. The number of likely N-dealkylation sites (tertiary alicyclic amines) is 1. The molecule has 1 aliphatic rings. The van der Waals surface area contributed by atoms with Crippen LogP contribution in [0.2, 0.25) is 5.02 Å². The van der Waals surface area contributed by atoms with Gasteiger partial charge in [0.25, 0.3) is 0 Å². The molecule has 1 fully saturated rings. The quantitative estimate of drug-likeness (QED) is 0.606. The van der Waals surface area contributed by atoms with E-state index in [1.165, 1.54) is 24.7 Å². The number of nitrogens with zero attached hydrogens (tertiary/aromatic N) is 1. The first-order valence-electron chi connectivity index (χ1n) is 10.3. The Hall–Kier alpha value is -1.56. The van der Waals surface area contributed by atoms with Crippen molar-refractivity contribution in [3.8, 4) is 0 Å². The highest BCUT2D eigenvalue weighted by Crippen LogP contribution is 2.23. The van der Waals surface area contributed by atoms with Gasteiger partial charge in [-0.05, 0) is 93.6 Å². The fraction of sp³-hybridized carbons (Fsp3) is 0.478. The molecule has 0 unspecified atom stereocenters. The van der Waals surface area contributed by atoms with Crippen LogP contribution in [0.15, 0.2) is 47.4 Å². The van der Waals surface area contributed by atoms with Gasteiger partial charge in [-0.3, -0.25) is 0 Å². The highest BCUT2D eigenvalue weighted by atomic mass is 35.5. The Bertz CT molecular complexity index is 905. The highest BCUT2D eigenvalue weighted by molar-refractivity contribution is 7.90. The van der Waals surface area contributed by atoms with Crippen LogP contribution in [0.1, 0.15) is 30.4 Å². The fourth-order valence-corrected chi connectivity index (χ4v) is 4.67. The summed E-state index contributed by atoms with van der Waals surface area (Å²) in [6, 6.07) is 13.5. The Morgan fingerprint density at radius 1 is 1.10 bits per heavy atom. The molecule has 1 aliphatic heterocycles.